The highest BCUT2D eigenvalue weighted by Gasteiger charge is 2.34. The van der Waals surface area contributed by atoms with Crippen LogP contribution in [0, 0.1) is 5.92 Å². The van der Waals surface area contributed by atoms with E-state index in [1.807, 2.05) is 55.7 Å². The van der Waals surface area contributed by atoms with Crippen molar-refractivity contribution in [1.29, 1.82) is 0 Å². The molecule has 3 aromatic rings. The number of amides is 2. The zero-order valence-electron chi connectivity index (χ0n) is 17.0. The Morgan fingerprint density at radius 3 is 2.63 bits per heavy atom. The van der Waals surface area contributed by atoms with Gasteiger partial charge in [-0.1, -0.05) is 12.1 Å². The number of halogens is 1. The summed E-state index contributed by atoms with van der Waals surface area (Å²) in [5, 5.41) is 2.95. The quantitative estimate of drug-likeness (QED) is 0.559. The lowest BCUT2D eigenvalue weighted by Crippen LogP contribution is -2.52. The minimum atomic E-state index is -0.503. The summed E-state index contributed by atoms with van der Waals surface area (Å²) in [6.07, 6.45) is -0.286. The van der Waals surface area contributed by atoms with Crippen LogP contribution in [0.15, 0.2) is 40.2 Å². The molecule has 7 nitrogen and oxygen atoms in total. The number of aromatic nitrogens is 2. The number of carbonyl (C=O) groups excluding carboxylic acids is 2. The van der Waals surface area contributed by atoms with Gasteiger partial charge in [0.1, 0.15) is 5.60 Å². The standard InChI is InChI=1S/C21H23BrN4O3S/c1-21(2,3)29-20(28)25-10-13(11-25)12-26-15-7-5-4-6-14(15)23-19(26)24-18(27)16-8-9-17(22)30-16/h4-9,13H,10-12H2,1-3H3,(H,23,24,27). The number of benzene rings is 1. The van der Waals surface area contributed by atoms with Gasteiger partial charge in [-0.3, -0.25) is 10.1 Å². The van der Waals surface area contributed by atoms with Crippen molar-refractivity contribution >= 4 is 56.2 Å². The lowest BCUT2D eigenvalue weighted by molar-refractivity contribution is -0.00308. The van der Waals surface area contributed by atoms with E-state index in [2.05, 4.69) is 26.2 Å². The normalized spacial score (nSPS) is 14.6. The van der Waals surface area contributed by atoms with Crippen molar-refractivity contribution in [3.63, 3.8) is 0 Å². The van der Waals surface area contributed by atoms with E-state index in [1.165, 1.54) is 11.3 Å². The van der Waals surface area contributed by atoms with Crippen LogP contribution in [0.25, 0.3) is 11.0 Å². The Kier molecular flexibility index (Phi) is 5.59. The molecule has 158 valence electrons. The number of hydrogen-bond acceptors (Lipinski definition) is 5. The van der Waals surface area contributed by atoms with Gasteiger partial charge in [-0.2, -0.15) is 0 Å². The second kappa shape index (κ2) is 8.03. The molecule has 9 heteroatoms. The molecule has 1 N–H and O–H groups in total. The number of ether oxygens (including phenoxy) is 1. The monoisotopic (exact) mass is 490 g/mol. The van der Waals surface area contributed by atoms with Gasteiger partial charge < -0.3 is 14.2 Å². The minimum absolute atomic E-state index is 0.189. The van der Waals surface area contributed by atoms with Gasteiger partial charge in [-0.15, -0.1) is 11.3 Å². The van der Waals surface area contributed by atoms with Crippen molar-refractivity contribution < 1.29 is 14.3 Å². The van der Waals surface area contributed by atoms with E-state index in [0.29, 0.717) is 30.5 Å². The zero-order valence-corrected chi connectivity index (χ0v) is 19.4. The molecular formula is C21H23BrN4O3S. The Labute approximate surface area is 187 Å². The summed E-state index contributed by atoms with van der Waals surface area (Å²) in [7, 11) is 0. The van der Waals surface area contributed by atoms with E-state index in [4.69, 9.17) is 4.74 Å². The van der Waals surface area contributed by atoms with Crippen LogP contribution in [-0.2, 0) is 11.3 Å². The van der Waals surface area contributed by atoms with Crippen molar-refractivity contribution in [1.82, 2.24) is 14.5 Å². The summed E-state index contributed by atoms with van der Waals surface area (Å²) in [6, 6.07) is 11.4. The molecule has 1 aliphatic rings. The molecule has 3 heterocycles. The van der Waals surface area contributed by atoms with Crippen LogP contribution in [-0.4, -0.2) is 45.1 Å². The average molecular weight is 491 g/mol. The molecule has 1 fully saturated rings. The van der Waals surface area contributed by atoms with Gasteiger partial charge >= 0.3 is 6.09 Å². The Bertz CT molecular complexity index is 1100. The molecule has 0 spiro atoms. The lowest BCUT2D eigenvalue weighted by Gasteiger charge is -2.40. The van der Waals surface area contributed by atoms with Crippen molar-refractivity contribution in [3.05, 3.63) is 45.1 Å². The van der Waals surface area contributed by atoms with Crippen molar-refractivity contribution in [2.24, 2.45) is 5.92 Å². The molecular weight excluding hydrogens is 468 g/mol. The SMILES string of the molecule is CC(C)(C)OC(=O)N1CC(Cn2c(NC(=O)c3ccc(Br)s3)nc3ccccc32)C1. The number of rotatable bonds is 4. The number of nitrogens with one attached hydrogen (secondary N) is 1. The number of para-hydroxylation sites is 2. The Balaban J connectivity index is 1.49. The van der Waals surface area contributed by atoms with Crippen molar-refractivity contribution in [2.45, 2.75) is 32.9 Å². The Hall–Kier alpha value is -2.39. The van der Waals surface area contributed by atoms with E-state index in [9.17, 15) is 9.59 Å². The maximum atomic E-state index is 12.7. The number of anilines is 1. The predicted molar refractivity (Wildman–Crippen MR) is 121 cm³/mol. The molecule has 0 unspecified atom stereocenters. The first-order valence-electron chi connectivity index (χ1n) is 9.69. The summed E-state index contributed by atoms with van der Waals surface area (Å²) >= 11 is 4.76. The number of imidazole rings is 1. The van der Waals surface area contributed by atoms with Crippen LogP contribution in [0.2, 0.25) is 0 Å². The molecule has 1 saturated heterocycles. The van der Waals surface area contributed by atoms with Crippen LogP contribution in [0.1, 0.15) is 30.4 Å². The summed E-state index contributed by atoms with van der Waals surface area (Å²) in [5.74, 6) is 0.592. The Morgan fingerprint density at radius 1 is 1.23 bits per heavy atom. The fourth-order valence-corrected chi connectivity index (χ4v) is 4.66. The van der Waals surface area contributed by atoms with Crippen LogP contribution in [0.4, 0.5) is 10.7 Å². The molecule has 1 aliphatic heterocycles. The minimum Gasteiger partial charge on any atom is -0.444 e. The van der Waals surface area contributed by atoms with Gasteiger partial charge in [0.15, 0.2) is 0 Å². The maximum absolute atomic E-state index is 12.7. The number of nitrogens with zero attached hydrogens (tertiary/aromatic N) is 3. The lowest BCUT2D eigenvalue weighted by atomic mass is 10.0. The number of fused-ring (bicyclic) bond motifs is 1. The third-order valence-corrected chi connectivity index (χ3v) is 6.35. The molecule has 4 rings (SSSR count). The summed E-state index contributed by atoms with van der Waals surface area (Å²) in [6.45, 7) is 7.48. The highest BCUT2D eigenvalue weighted by molar-refractivity contribution is 9.11. The van der Waals surface area contributed by atoms with E-state index in [-0.39, 0.29) is 17.9 Å². The Morgan fingerprint density at radius 2 is 1.97 bits per heavy atom. The van der Waals surface area contributed by atoms with Gasteiger partial charge in [0.25, 0.3) is 5.91 Å². The highest BCUT2D eigenvalue weighted by atomic mass is 79.9. The van der Waals surface area contributed by atoms with E-state index >= 15 is 0 Å². The van der Waals surface area contributed by atoms with Gasteiger partial charge in [0.05, 0.1) is 19.7 Å². The van der Waals surface area contributed by atoms with Crippen LogP contribution < -0.4 is 5.32 Å². The third-order valence-electron chi connectivity index (χ3n) is 4.73. The maximum Gasteiger partial charge on any atom is 0.410 e. The number of hydrogen-bond donors (Lipinski definition) is 1. The predicted octanol–water partition coefficient (Wildman–Crippen LogP) is 4.98. The van der Waals surface area contributed by atoms with Gasteiger partial charge in [0, 0.05) is 25.6 Å². The first kappa shape index (κ1) is 20.9. The number of likely N-dealkylation sites (tertiary alicyclic amines) is 1. The van der Waals surface area contributed by atoms with Gasteiger partial charge in [-0.05, 0) is 61.0 Å². The van der Waals surface area contributed by atoms with Crippen LogP contribution in [0.5, 0.6) is 0 Å². The summed E-state index contributed by atoms with van der Waals surface area (Å²) in [5.41, 5.74) is 1.27. The number of thiophene rings is 1. The van der Waals surface area contributed by atoms with Gasteiger partial charge in [-0.25, -0.2) is 9.78 Å². The highest BCUT2D eigenvalue weighted by Crippen LogP contribution is 2.27. The molecule has 0 bridgehead atoms. The second-order valence-corrected chi connectivity index (χ2v) is 10.8. The number of carbonyl (C=O) groups is 2. The van der Waals surface area contributed by atoms with Crippen molar-refractivity contribution in [3.8, 4) is 0 Å². The van der Waals surface area contributed by atoms with Gasteiger partial charge in [0.2, 0.25) is 5.95 Å². The van der Waals surface area contributed by atoms with Crippen molar-refractivity contribution in [2.75, 3.05) is 18.4 Å². The van der Waals surface area contributed by atoms with E-state index in [1.54, 1.807) is 11.0 Å². The zero-order chi connectivity index (χ0) is 21.5. The molecule has 0 radical (unpaired) electrons. The fourth-order valence-electron chi connectivity index (χ4n) is 3.37. The first-order chi connectivity index (χ1) is 14.2. The molecule has 0 aliphatic carbocycles. The molecule has 2 amide bonds. The topological polar surface area (TPSA) is 76.5 Å². The molecule has 30 heavy (non-hydrogen) atoms. The van der Waals surface area contributed by atoms with E-state index < -0.39 is 5.60 Å². The molecule has 0 atom stereocenters. The average Bonchev–Trinajstić information content (AvgIpc) is 3.20. The van der Waals surface area contributed by atoms with Crippen LogP contribution >= 0.6 is 27.3 Å². The molecule has 2 aromatic heterocycles. The van der Waals surface area contributed by atoms with Crippen LogP contribution in [0.3, 0.4) is 0 Å². The van der Waals surface area contributed by atoms with E-state index in [0.717, 1.165) is 14.8 Å². The third kappa shape index (κ3) is 4.52. The summed E-state index contributed by atoms with van der Waals surface area (Å²) in [4.78, 5) is 31.8. The fraction of sp³-hybridized carbons (Fsp3) is 0.381. The first-order valence-corrected chi connectivity index (χ1v) is 11.3. The smallest absolute Gasteiger partial charge is 0.410 e. The molecule has 1 aromatic carbocycles. The largest absolute Gasteiger partial charge is 0.444 e. The molecule has 0 saturated carbocycles. The summed E-state index contributed by atoms with van der Waals surface area (Å²) < 4.78 is 8.35. The second-order valence-electron chi connectivity index (χ2n) is 8.34.